The van der Waals surface area contributed by atoms with E-state index in [0.717, 1.165) is 18.8 Å². The molecule has 0 heterocycles. The molecular weight excluding hydrogens is 184 g/mol. The zero-order valence-corrected chi connectivity index (χ0v) is 10.1. The predicted octanol–water partition coefficient (Wildman–Crippen LogP) is 4.38. The normalized spacial score (nSPS) is 10.7. The Hall–Kier alpha value is -0.980. The molecule has 1 aromatic carbocycles. The first-order valence-electron chi connectivity index (χ1n) is 5.96. The van der Waals surface area contributed by atoms with Crippen LogP contribution in [0.3, 0.4) is 0 Å². The summed E-state index contributed by atoms with van der Waals surface area (Å²) in [5.41, 5.74) is 1.35. The molecule has 0 aliphatic rings. The predicted molar refractivity (Wildman–Crippen MR) is 65.6 cm³/mol. The summed E-state index contributed by atoms with van der Waals surface area (Å²) in [7, 11) is 0. The summed E-state index contributed by atoms with van der Waals surface area (Å²) in [6.45, 7) is 7.46. The van der Waals surface area contributed by atoms with E-state index in [1.54, 1.807) is 0 Å². The molecule has 0 saturated heterocycles. The monoisotopic (exact) mass is 206 g/mol. The van der Waals surface area contributed by atoms with Gasteiger partial charge >= 0.3 is 0 Å². The Kier molecular flexibility index (Phi) is 5.23. The number of unbranched alkanes of at least 4 members (excludes halogenated alkanes) is 2. The molecule has 1 nitrogen and oxygen atoms in total. The van der Waals surface area contributed by atoms with E-state index in [4.69, 9.17) is 4.74 Å². The van der Waals surface area contributed by atoms with Crippen LogP contribution >= 0.6 is 0 Å². The van der Waals surface area contributed by atoms with E-state index >= 15 is 0 Å². The van der Waals surface area contributed by atoms with Gasteiger partial charge in [0.2, 0.25) is 0 Å². The van der Waals surface area contributed by atoms with Crippen molar-refractivity contribution >= 4 is 0 Å². The Morgan fingerprint density at radius 1 is 1.20 bits per heavy atom. The number of benzene rings is 1. The van der Waals surface area contributed by atoms with Crippen LogP contribution in [0.25, 0.3) is 0 Å². The summed E-state index contributed by atoms with van der Waals surface area (Å²) >= 11 is 0. The van der Waals surface area contributed by atoms with Gasteiger partial charge < -0.3 is 4.74 Å². The molecule has 0 radical (unpaired) electrons. The topological polar surface area (TPSA) is 9.23 Å². The minimum atomic E-state index is 0.573. The third kappa shape index (κ3) is 4.37. The second-order valence-electron chi connectivity index (χ2n) is 4.28. The van der Waals surface area contributed by atoms with Crippen molar-refractivity contribution < 1.29 is 4.74 Å². The zero-order chi connectivity index (χ0) is 11.1. The first kappa shape index (κ1) is 12.1. The lowest BCUT2D eigenvalue weighted by Crippen LogP contribution is -1.97. The Bertz CT molecular complexity index is 278. The number of rotatable bonds is 6. The van der Waals surface area contributed by atoms with Crippen LogP contribution in [0.1, 0.15) is 51.5 Å². The van der Waals surface area contributed by atoms with E-state index in [-0.39, 0.29) is 0 Å². The average molecular weight is 206 g/mol. The highest BCUT2D eigenvalue weighted by molar-refractivity contribution is 5.30. The summed E-state index contributed by atoms with van der Waals surface area (Å²) in [4.78, 5) is 0. The van der Waals surface area contributed by atoms with Crippen LogP contribution in [0.15, 0.2) is 24.3 Å². The Balaban J connectivity index is 2.43. The Morgan fingerprint density at radius 2 is 2.00 bits per heavy atom. The molecule has 0 aliphatic heterocycles. The first-order valence-corrected chi connectivity index (χ1v) is 5.96. The molecule has 1 rings (SSSR count). The van der Waals surface area contributed by atoms with E-state index < -0.39 is 0 Å². The van der Waals surface area contributed by atoms with Gasteiger partial charge in [-0.2, -0.15) is 0 Å². The highest BCUT2D eigenvalue weighted by atomic mass is 16.5. The van der Waals surface area contributed by atoms with Gasteiger partial charge in [-0.15, -0.1) is 0 Å². The maximum absolute atomic E-state index is 5.70. The van der Waals surface area contributed by atoms with Crippen LogP contribution < -0.4 is 4.74 Å². The van der Waals surface area contributed by atoms with Crippen LogP contribution in [0.5, 0.6) is 5.75 Å². The van der Waals surface area contributed by atoms with Crippen molar-refractivity contribution in [2.24, 2.45) is 0 Å². The minimum Gasteiger partial charge on any atom is -0.494 e. The van der Waals surface area contributed by atoms with Crippen LogP contribution in [-0.4, -0.2) is 6.61 Å². The minimum absolute atomic E-state index is 0.573. The summed E-state index contributed by atoms with van der Waals surface area (Å²) in [5, 5.41) is 0. The summed E-state index contributed by atoms with van der Waals surface area (Å²) < 4.78 is 5.70. The van der Waals surface area contributed by atoms with Crippen molar-refractivity contribution in [3.05, 3.63) is 29.8 Å². The van der Waals surface area contributed by atoms with Gasteiger partial charge in [0.15, 0.2) is 0 Å². The van der Waals surface area contributed by atoms with Gasteiger partial charge in [0, 0.05) is 0 Å². The number of hydrogen-bond acceptors (Lipinski definition) is 1. The van der Waals surface area contributed by atoms with Crippen molar-refractivity contribution in [2.45, 2.75) is 46.0 Å². The lowest BCUT2D eigenvalue weighted by molar-refractivity contribution is 0.306. The molecule has 0 aliphatic carbocycles. The fourth-order valence-corrected chi connectivity index (χ4v) is 1.51. The molecule has 0 N–H and O–H groups in total. The SMILES string of the molecule is CCCCCOc1cccc(C(C)C)c1. The van der Waals surface area contributed by atoms with Crippen LogP contribution in [0.4, 0.5) is 0 Å². The molecule has 0 unspecified atom stereocenters. The van der Waals surface area contributed by atoms with E-state index in [1.807, 2.05) is 6.07 Å². The zero-order valence-electron chi connectivity index (χ0n) is 10.1. The van der Waals surface area contributed by atoms with E-state index in [0.29, 0.717) is 5.92 Å². The fourth-order valence-electron chi connectivity index (χ4n) is 1.51. The van der Waals surface area contributed by atoms with Crippen LogP contribution in [-0.2, 0) is 0 Å². The molecule has 0 bridgehead atoms. The fraction of sp³-hybridized carbons (Fsp3) is 0.571. The van der Waals surface area contributed by atoms with Gasteiger partial charge in [-0.3, -0.25) is 0 Å². The lowest BCUT2D eigenvalue weighted by atomic mass is 10.0. The number of ether oxygens (including phenoxy) is 1. The molecule has 15 heavy (non-hydrogen) atoms. The molecule has 0 amide bonds. The summed E-state index contributed by atoms with van der Waals surface area (Å²) in [5.74, 6) is 1.58. The van der Waals surface area contributed by atoms with Crippen molar-refractivity contribution in [1.82, 2.24) is 0 Å². The van der Waals surface area contributed by atoms with Gasteiger partial charge in [-0.1, -0.05) is 45.7 Å². The van der Waals surface area contributed by atoms with Crippen LogP contribution in [0, 0.1) is 0 Å². The van der Waals surface area contributed by atoms with Gasteiger partial charge in [-0.25, -0.2) is 0 Å². The van der Waals surface area contributed by atoms with Gasteiger partial charge in [0.1, 0.15) is 5.75 Å². The van der Waals surface area contributed by atoms with Gasteiger partial charge in [0.25, 0.3) is 0 Å². The smallest absolute Gasteiger partial charge is 0.119 e. The summed E-state index contributed by atoms with van der Waals surface area (Å²) in [6, 6.07) is 8.42. The third-order valence-corrected chi connectivity index (χ3v) is 2.54. The average Bonchev–Trinajstić information content (AvgIpc) is 2.25. The molecule has 1 heteroatoms. The second kappa shape index (κ2) is 6.49. The highest BCUT2D eigenvalue weighted by Gasteiger charge is 2.00. The molecular formula is C14H22O. The maximum Gasteiger partial charge on any atom is 0.119 e. The first-order chi connectivity index (χ1) is 7.24. The standard InChI is InChI=1S/C14H22O/c1-4-5-6-10-15-14-9-7-8-13(11-14)12(2)3/h7-9,11-12H,4-6,10H2,1-3H3. The Labute approximate surface area is 93.5 Å². The quantitative estimate of drug-likeness (QED) is 0.628. The maximum atomic E-state index is 5.70. The molecule has 1 aromatic rings. The molecule has 84 valence electrons. The molecule has 0 atom stereocenters. The largest absolute Gasteiger partial charge is 0.494 e. The van der Waals surface area contributed by atoms with E-state index in [2.05, 4.69) is 39.0 Å². The number of hydrogen-bond donors (Lipinski definition) is 0. The van der Waals surface area contributed by atoms with Crippen molar-refractivity contribution in [1.29, 1.82) is 0 Å². The highest BCUT2D eigenvalue weighted by Crippen LogP contribution is 2.20. The van der Waals surface area contributed by atoms with Gasteiger partial charge in [-0.05, 0) is 30.0 Å². The lowest BCUT2D eigenvalue weighted by Gasteiger charge is -2.09. The van der Waals surface area contributed by atoms with Crippen molar-refractivity contribution in [2.75, 3.05) is 6.61 Å². The third-order valence-electron chi connectivity index (χ3n) is 2.54. The summed E-state index contributed by atoms with van der Waals surface area (Å²) in [6.07, 6.45) is 3.65. The van der Waals surface area contributed by atoms with E-state index in [9.17, 15) is 0 Å². The van der Waals surface area contributed by atoms with Crippen LogP contribution in [0.2, 0.25) is 0 Å². The molecule has 0 saturated carbocycles. The Morgan fingerprint density at radius 3 is 2.67 bits per heavy atom. The van der Waals surface area contributed by atoms with Crippen molar-refractivity contribution in [3.63, 3.8) is 0 Å². The molecule has 0 spiro atoms. The van der Waals surface area contributed by atoms with Gasteiger partial charge in [0.05, 0.1) is 6.61 Å². The van der Waals surface area contributed by atoms with Crippen molar-refractivity contribution in [3.8, 4) is 5.75 Å². The molecule has 0 aromatic heterocycles. The van der Waals surface area contributed by atoms with E-state index in [1.165, 1.54) is 18.4 Å². The molecule has 0 fully saturated rings. The second-order valence-corrected chi connectivity index (χ2v) is 4.28.